The van der Waals surface area contributed by atoms with E-state index in [2.05, 4.69) is 5.32 Å². The van der Waals surface area contributed by atoms with E-state index in [-0.39, 0.29) is 0 Å². The standard InChI is InChI=1S/C15H24N2O3/c1-15(2,3)20-14(18)17-8-7-11-5-6-13(19-4)12(9-11)10-16/h5-6,9H,7-8,10,16H2,1-4H3,(H,17,18). The van der Waals surface area contributed by atoms with E-state index in [9.17, 15) is 4.79 Å². The molecule has 0 aliphatic heterocycles. The van der Waals surface area contributed by atoms with Gasteiger partial charge in [0.15, 0.2) is 0 Å². The lowest BCUT2D eigenvalue weighted by molar-refractivity contribution is 0.0528. The summed E-state index contributed by atoms with van der Waals surface area (Å²) in [5.41, 5.74) is 7.26. The van der Waals surface area contributed by atoms with Crippen molar-refractivity contribution < 1.29 is 14.3 Å². The first-order chi connectivity index (χ1) is 9.35. The Kier molecular flexibility index (Phi) is 5.82. The molecule has 0 aliphatic carbocycles. The van der Waals surface area contributed by atoms with E-state index in [1.165, 1.54) is 0 Å². The summed E-state index contributed by atoms with van der Waals surface area (Å²) in [5.74, 6) is 0.788. The van der Waals surface area contributed by atoms with Gasteiger partial charge in [0.05, 0.1) is 7.11 Å². The lowest BCUT2D eigenvalue weighted by Crippen LogP contribution is -2.33. The molecule has 1 aromatic rings. The van der Waals surface area contributed by atoms with Gasteiger partial charge in [-0.25, -0.2) is 4.79 Å². The number of methoxy groups -OCH3 is 1. The molecule has 0 fully saturated rings. The van der Waals surface area contributed by atoms with Crippen LogP contribution in [0, 0.1) is 0 Å². The van der Waals surface area contributed by atoms with Gasteiger partial charge >= 0.3 is 6.09 Å². The number of ether oxygens (including phenoxy) is 2. The van der Waals surface area contributed by atoms with Gasteiger partial charge in [0, 0.05) is 18.7 Å². The van der Waals surface area contributed by atoms with E-state index < -0.39 is 11.7 Å². The van der Waals surface area contributed by atoms with E-state index in [1.807, 2.05) is 39.0 Å². The zero-order valence-electron chi connectivity index (χ0n) is 12.7. The van der Waals surface area contributed by atoms with Crippen molar-refractivity contribution >= 4 is 6.09 Å². The third kappa shape index (κ3) is 5.48. The number of hydrogen-bond acceptors (Lipinski definition) is 4. The summed E-state index contributed by atoms with van der Waals surface area (Å²) in [5, 5.41) is 2.73. The van der Waals surface area contributed by atoms with Gasteiger partial charge in [0.25, 0.3) is 0 Å². The SMILES string of the molecule is COc1ccc(CCNC(=O)OC(C)(C)C)cc1CN. The van der Waals surface area contributed by atoms with Gasteiger partial charge in [0.2, 0.25) is 0 Å². The van der Waals surface area contributed by atoms with Crippen LogP contribution < -0.4 is 15.8 Å². The predicted molar refractivity (Wildman–Crippen MR) is 78.8 cm³/mol. The first-order valence-electron chi connectivity index (χ1n) is 6.68. The second kappa shape index (κ2) is 7.14. The number of nitrogens with one attached hydrogen (secondary N) is 1. The number of amides is 1. The van der Waals surface area contributed by atoms with Crippen molar-refractivity contribution in [1.82, 2.24) is 5.32 Å². The molecule has 0 bridgehead atoms. The molecule has 0 radical (unpaired) electrons. The molecule has 1 rings (SSSR count). The smallest absolute Gasteiger partial charge is 0.407 e. The van der Waals surface area contributed by atoms with Crippen LogP contribution in [0.5, 0.6) is 5.75 Å². The summed E-state index contributed by atoms with van der Waals surface area (Å²) in [7, 11) is 1.62. The minimum atomic E-state index is -0.475. The lowest BCUT2D eigenvalue weighted by Gasteiger charge is -2.19. The second-order valence-electron chi connectivity index (χ2n) is 5.53. The van der Waals surface area contributed by atoms with Crippen LogP contribution in [0.3, 0.4) is 0 Å². The van der Waals surface area contributed by atoms with E-state index >= 15 is 0 Å². The van der Waals surface area contributed by atoms with E-state index in [0.717, 1.165) is 23.3 Å². The summed E-state index contributed by atoms with van der Waals surface area (Å²) in [6, 6.07) is 5.86. The van der Waals surface area contributed by atoms with Crippen LogP contribution in [-0.2, 0) is 17.7 Å². The molecule has 1 amide bonds. The van der Waals surface area contributed by atoms with Crippen molar-refractivity contribution in [1.29, 1.82) is 0 Å². The molecule has 0 saturated carbocycles. The van der Waals surface area contributed by atoms with Gasteiger partial charge in [-0.05, 0) is 38.8 Å². The molecule has 5 nitrogen and oxygen atoms in total. The van der Waals surface area contributed by atoms with E-state index in [0.29, 0.717) is 13.1 Å². The molecule has 0 aliphatic rings. The van der Waals surface area contributed by atoms with Crippen LogP contribution in [0.15, 0.2) is 18.2 Å². The van der Waals surface area contributed by atoms with Gasteiger partial charge in [-0.3, -0.25) is 0 Å². The molecule has 0 saturated heterocycles. The second-order valence-corrected chi connectivity index (χ2v) is 5.53. The maximum Gasteiger partial charge on any atom is 0.407 e. The van der Waals surface area contributed by atoms with Gasteiger partial charge in [0.1, 0.15) is 11.4 Å². The lowest BCUT2D eigenvalue weighted by atomic mass is 10.1. The third-order valence-corrected chi connectivity index (χ3v) is 2.65. The minimum absolute atomic E-state index is 0.398. The topological polar surface area (TPSA) is 73.6 Å². The quantitative estimate of drug-likeness (QED) is 0.867. The van der Waals surface area contributed by atoms with Crippen molar-refractivity contribution in [3.8, 4) is 5.75 Å². The van der Waals surface area contributed by atoms with Crippen LogP contribution in [0.25, 0.3) is 0 Å². The molecule has 0 heterocycles. The van der Waals surface area contributed by atoms with E-state index in [1.54, 1.807) is 7.11 Å². The van der Waals surface area contributed by atoms with Crippen molar-refractivity contribution in [2.24, 2.45) is 5.73 Å². The van der Waals surface area contributed by atoms with E-state index in [4.69, 9.17) is 15.2 Å². The normalized spacial score (nSPS) is 11.1. The monoisotopic (exact) mass is 280 g/mol. The number of hydrogen-bond donors (Lipinski definition) is 2. The van der Waals surface area contributed by atoms with Crippen LogP contribution in [0.4, 0.5) is 4.79 Å². The molecule has 0 unspecified atom stereocenters. The Morgan fingerprint density at radius 1 is 1.35 bits per heavy atom. The van der Waals surface area contributed by atoms with Crippen LogP contribution >= 0.6 is 0 Å². The average molecular weight is 280 g/mol. The summed E-state index contributed by atoms with van der Waals surface area (Å²) in [4.78, 5) is 11.5. The Bertz CT molecular complexity index is 453. The zero-order chi connectivity index (χ0) is 15.2. The summed E-state index contributed by atoms with van der Waals surface area (Å²) >= 11 is 0. The Hall–Kier alpha value is -1.75. The fraction of sp³-hybridized carbons (Fsp3) is 0.533. The molecule has 0 aromatic heterocycles. The molecule has 0 atom stereocenters. The minimum Gasteiger partial charge on any atom is -0.496 e. The number of carbonyl (C=O) groups excluding carboxylic acids is 1. The van der Waals surface area contributed by atoms with Crippen LogP contribution in [0.2, 0.25) is 0 Å². The van der Waals surface area contributed by atoms with Gasteiger partial charge in [-0.1, -0.05) is 12.1 Å². The number of rotatable bonds is 5. The van der Waals surface area contributed by atoms with Gasteiger partial charge in [-0.2, -0.15) is 0 Å². The highest BCUT2D eigenvalue weighted by atomic mass is 16.6. The fourth-order valence-corrected chi connectivity index (χ4v) is 1.77. The maximum atomic E-state index is 11.5. The van der Waals surface area contributed by atoms with Crippen LogP contribution in [0.1, 0.15) is 31.9 Å². The van der Waals surface area contributed by atoms with Gasteiger partial charge in [-0.15, -0.1) is 0 Å². The van der Waals surface area contributed by atoms with Crippen molar-refractivity contribution in [2.75, 3.05) is 13.7 Å². The molecule has 5 heteroatoms. The first kappa shape index (κ1) is 16.3. The third-order valence-electron chi connectivity index (χ3n) is 2.65. The van der Waals surface area contributed by atoms with Gasteiger partial charge < -0.3 is 20.5 Å². The zero-order valence-corrected chi connectivity index (χ0v) is 12.7. The highest BCUT2D eigenvalue weighted by molar-refractivity contribution is 5.67. The Labute approximate surface area is 120 Å². The van der Waals surface area contributed by atoms with Crippen molar-refractivity contribution in [3.05, 3.63) is 29.3 Å². The first-order valence-corrected chi connectivity index (χ1v) is 6.68. The van der Waals surface area contributed by atoms with Crippen LogP contribution in [-0.4, -0.2) is 25.3 Å². The summed E-state index contributed by atoms with van der Waals surface area (Å²) in [6.45, 7) is 6.46. The number of benzene rings is 1. The summed E-state index contributed by atoms with van der Waals surface area (Å²) in [6.07, 6.45) is 0.320. The number of carbonyl (C=O) groups is 1. The van der Waals surface area contributed by atoms with Crippen molar-refractivity contribution in [3.63, 3.8) is 0 Å². The Balaban J connectivity index is 2.48. The van der Waals surface area contributed by atoms with Crippen molar-refractivity contribution in [2.45, 2.75) is 39.3 Å². The maximum absolute atomic E-state index is 11.5. The Morgan fingerprint density at radius 3 is 2.60 bits per heavy atom. The molecular formula is C15H24N2O3. The number of nitrogens with two attached hydrogens (primary N) is 1. The molecular weight excluding hydrogens is 256 g/mol. The molecule has 112 valence electrons. The molecule has 20 heavy (non-hydrogen) atoms. The predicted octanol–water partition coefficient (Wildman–Crippen LogP) is 2.22. The largest absolute Gasteiger partial charge is 0.496 e. The summed E-state index contributed by atoms with van der Waals surface area (Å²) < 4.78 is 10.4. The highest BCUT2D eigenvalue weighted by Gasteiger charge is 2.15. The average Bonchev–Trinajstić information content (AvgIpc) is 2.36. The highest BCUT2D eigenvalue weighted by Crippen LogP contribution is 2.19. The molecule has 1 aromatic carbocycles. The fourth-order valence-electron chi connectivity index (χ4n) is 1.77. The number of alkyl carbamates (subject to hydrolysis) is 1. The molecule has 3 N–H and O–H groups in total. The molecule has 0 spiro atoms. The Morgan fingerprint density at radius 2 is 2.05 bits per heavy atom.